The molecule has 0 fully saturated rings. The highest BCUT2D eigenvalue weighted by Gasteiger charge is 2.06. The van der Waals surface area contributed by atoms with E-state index in [1.54, 1.807) is 33.3 Å². The first-order valence-corrected chi connectivity index (χ1v) is 7.57. The molecule has 0 aliphatic carbocycles. The number of ether oxygens (including phenoxy) is 2. The van der Waals surface area contributed by atoms with Crippen LogP contribution in [0.3, 0.4) is 0 Å². The van der Waals surface area contributed by atoms with E-state index in [0.717, 1.165) is 11.4 Å². The lowest BCUT2D eigenvalue weighted by molar-refractivity contribution is 0.407. The minimum Gasteiger partial charge on any atom is -0.507 e. The summed E-state index contributed by atoms with van der Waals surface area (Å²) in [6.45, 7) is 1.77. The normalized spacial score (nSPS) is 10.9. The zero-order valence-corrected chi connectivity index (χ0v) is 14.5. The number of phenolic OH excluding ortho intramolecular Hbond substituents is 1. The number of phenols is 1. The molecule has 0 radical (unpaired) electrons. The van der Waals surface area contributed by atoms with Gasteiger partial charge in [0.1, 0.15) is 17.2 Å². The Labute approximate surface area is 146 Å². The summed E-state index contributed by atoms with van der Waals surface area (Å²) < 4.78 is 10.2. The average Bonchev–Trinajstić information content (AvgIpc) is 2.60. The first-order chi connectivity index (χ1) is 11.5. The summed E-state index contributed by atoms with van der Waals surface area (Å²) in [7, 11) is 3.15. The standard InChI is InChI=1S/C17H19N3O3S/c1-11(15-9-8-14(23-3)10-16(15)21)19-20-17(24)18-12-4-6-13(22-2)7-5-12/h4-10,21H,1-3H3,(H2,18,20,24)/b19-11+. The molecule has 0 unspecified atom stereocenters. The third-order valence-electron chi connectivity index (χ3n) is 3.27. The molecule has 0 spiro atoms. The molecule has 0 amide bonds. The van der Waals surface area contributed by atoms with E-state index < -0.39 is 0 Å². The number of thiocarbonyl (C=S) groups is 1. The van der Waals surface area contributed by atoms with Gasteiger partial charge < -0.3 is 19.9 Å². The Morgan fingerprint density at radius 3 is 2.25 bits per heavy atom. The summed E-state index contributed by atoms with van der Waals surface area (Å²) in [6.07, 6.45) is 0. The third-order valence-corrected chi connectivity index (χ3v) is 3.46. The molecule has 6 nitrogen and oxygen atoms in total. The number of nitrogens with zero attached hydrogens (tertiary/aromatic N) is 1. The van der Waals surface area contributed by atoms with Crippen molar-refractivity contribution in [3.8, 4) is 17.2 Å². The van der Waals surface area contributed by atoms with Gasteiger partial charge in [0, 0.05) is 17.3 Å². The van der Waals surface area contributed by atoms with Crippen LogP contribution in [0.4, 0.5) is 5.69 Å². The number of rotatable bonds is 5. The van der Waals surface area contributed by atoms with Crippen LogP contribution in [0.25, 0.3) is 0 Å². The first kappa shape index (κ1) is 17.6. The molecule has 0 bridgehead atoms. The van der Waals surface area contributed by atoms with Crippen molar-refractivity contribution in [3.63, 3.8) is 0 Å². The fraction of sp³-hybridized carbons (Fsp3) is 0.176. The third kappa shape index (κ3) is 4.60. The second kappa shape index (κ2) is 8.16. The molecule has 0 saturated heterocycles. The number of aromatic hydroxyl groups is 1. The number of methoxy groups -OCH3 is 2. The molecule has 0 aliphatic heterocycles. The van der Waals surface area contributed by atoms with E-state index in [4.69, 9.17) is 21.7 Å². The molecular weight excluding hydrogens is 326 g/mol. The highest BCUT2D eigenvalue weighted by Crippen LogP contribution is 2.23. The molecule has 2 aromatic carbocycles. The van der Waals surface area contributed by atoms with Gasteiger partial charge in [-0.15, -0.1) is 0 Å². The SMILES string of the molecule is COc1ccc(NC(=S)N/N=C(\C)c2ccc(OC)cc2O)cc1. The maximum atomic E-state index is 9.99. The summed E-state index contributed by atoms with van der Waals surface area (Å²) >= 11 is 5.19. The molecule has 126 valence electrons. The maximum Gasteiger partial charge on any atom is 0.191 e. The quantitative estimate of drug-likeness (QED) is 0.439. The second-order valence-corrected chi connectivity index (χ2v) is 5.28. The number of hydrazone groups is 1. The van der Waals surface area contributed by atoms with Gasteiger partial charge in [-0.2, -0.15) is 5.10 Å². The summed E-state index contributed by atoms with van der Waals surface area (Å²) in [5, 5.41) is 17.5. The minimum absolute atomic E-state index is 0.0893. The topological polar surface area (TPSA) is 75.1 Å². The molecule has 3 N–H and O–H groups in total. The van der Waals surface area contributed by atoms with Crippen LogP contribution in [0, 0.1) is 0 Å². The lowest BCUT2D eigenvalue weighted by Crippen LogP contribution is -2.24. The lowest BCUT2D eigenvalue weighted by Gasteiger charge is -2.10. The van der Waals surface area contributed by atoms with Gasteiger partial charge in [-0.1, -0.05) is 0 Å². The van der Waals surface area contributed by atoms with Crippen molar-refractivity contribution in [2.75, 3.05) is 19.5 Å². The number of hydrogen-bond donors (Lipinski definition) is 3. The van der Waals surface area contributed by atoms with Crippen LogP contribution in [0.1, 0.15) is 12.5 Å². The number of hydrogen-bond acceptors (Lipinski definition) is 5. The first-order valence-electron chi connectivity index (χ1n) is 7.16. The van der Waals surface area contributed by atoms with Crippen molar-refractivity contribution in [1.82, 2.24) is 5.43 Å². The molecule has 2 aromatic rings. The summed E-state index contributed by atoms with van der Waals surface area (Å²) in [5.74, 6) is 1.43. The number of nitrogens with one attached hydrogen (secondary N) is 2. The van der Waals surface area contributed by atoms with Gasteiger partial charge >= 0.3 is 0 Å². The van der Waals surface area contributed by atoms with Crippen molar-refractivity contribution in [1.29, 1.82) is 0 Å². The van der Waals surface area contributed by atoms with Gasteiger partial charge in [-0.05, 0) is 55.5 Å². The van der Waals surface area contributed by atoms with Gasteiger partial charge in [0.05, 0.1) is 19.9 Å². The number of benzene rings is 2. The second-order valence-electron chi connectivity index (χ2n) is 4.87. The summed E-state index contributed by atoms with van der Waals surface area (Å²) in [5.41, 5.74) is 4.75. The van der Waals surface area contributed by atoms with Crippen molar-refractivity contribution < 1.29 is 14.6 Å². The van der Waals surface area contributed by atoms with Crippen LogP contribution in [0.5, 0.6) is 17.2 Å². The molecule has 0 heterocycles. The van der Waals surface area contributed by atoms with Gasteiger partial charge in [0.2, 0.25) is 0 Å². The van der Waals surface area contributed by atoms with Gasteiger partial charge in [-0.25, -0.2) is 0 Å². The fourth-order valence-corrected chi connectivity index (χ4v) is 2.14. The van der Waals surface area contributed by atoms with Crippen molar-refractivity contribution in [2.45, 2.75) is 6.92 Å². The minimum atomic E-state index is 0.0893. The van der Waals surface area contributed by atoms with Crippen LogP contribution in [-0.4, -0.2) is 30.2 Å². The zero-order chi connectivity index (χ0) is 17.5. The monoisotopic (exact) mass is 345 g/mol. The van der Waals surface area contributed by atoms with Crippen LogP contribution in [0.15, 0.2) is 47.6 Å². The maximum absolute atomic E-state index is 9.99. The smallest absolute Gasteiger partial charge is 0.191 e. The molecule has 0 atom stereocenters. The molecule has 2 rings (SSSR count). The van der Waals surface area contributed by atoms with Crippen LogP contribution in [-0.2, 0) is 0 Å². The van der Waals surface area contributed by atoms with E-state index in [2.05, 4.69) is 15.8 Å². The highest BCUT2D eigenvalue weighted by atomic mass is 32.1. The molecule has 24 heavy (non-hydrogen) atoms. The predicted octanol–water partition coefficient (Wildman–Crippen LogP) is 3.12. The Bertz CT molecular complexity index is 745. The van der Waals surface area contributed by atoms with Crippen molar-refractivity contribution in [3.05, 3.63) is 48.0 Å². The van der Waals surface area contributed by atoms with E-state index >= 15 is 0 Å². The van der Waals surface area contributed by atoms with Crippen LogP contribution < -0.4 is 20.2 Å². The summed E-state index contributed by atoms with van der Waals surface area (Å²) in [4.78, 5) is 0. The molecule has 0 saturated carbocycles. The zero-order valence-electron chi connectivity index (χ0n) is 13.7. The Hall–Kier alpha value is -2.80. The van der Waals surface area contributed by atoms with E-state index in [9.17, 15) is 5.11 Å². The van der Waals surface area contributed by atoms with Crippen molar-refractivity contribution >= 4 is 28.7 Å². The van der Waals surface area contributed by atoms with Gasteiger partial charge in [-0.3, -0.25) is 5.43 Å². The largest absolute Gasteiger partial charge is 0.507 e. The Kier molecular flexibility index (Phi) is 5.97. The average molecular weight is 345 g/mol. The summed E-state index contributed by atoms with van der Waals surface area (Å²) in [6, 6.07) is 12.4. The molecule has 0 aromatic heterocycles. The Balaban J connectivity index is 1.99. The lowest BCUT2D eigenvalue weighted by atomic mass is 10.1. The predicted molar refractivity (Wildman–Crippen MR) is 99.2 cm³/mol. The highest BCUT2D eigenvalue weighted by molar-refractivity contribution is 7.80. The molecule has 7 heteroatoms. The molecule has 0 aliphatic rings. The van der Waals surface area contributed by atoms with Gasteiger partial charge in [0.15, 0.2) is 5.11 Å². The molecular formula is C17H19N3O3S. The Morgan fingerprint density at radius 1 is 1.04 bits per heavy atom. The van der Waals surface area contributed by atoms with Crippen LogP contribution >= 0.6 is 12.2 Å². The van der Waals surface area contributed by atoms with E-state index in [0.29, 0.717) is 22.1 Å². The number of anilines is 1. The van der Waals surface area contributed by atoms with Crippen molar-refractivity contribution in [2.24, 2.45) is 5.10 Å². The van der Waals surface area contributed by atoms with E-state index in [1.807, 2.05) is 24.3 Å². The van der Waals surface area contributed by atoms with Crippen LogP contribution in [0.2, 0.25) is 0 Å². The Morgan fingerprint density at radius 2 is 1.67 bits per heavy atom. The fourth-order valence-electron chi connectivity index (χ4n) is 1.97. The van der Waals surface area contributed by atoms with E-state index in [-0.39, 0.29) is 5.75 Å². The van der Waals surface area contributed by atoms with E-state index in [1.165, 1.54) is 6.07 Å². The van der Waals surface area contributed by atoms with Gasteiger partial charge in [0.25, 0.3) is 0 Å².